The molecule has 3 aliphatic heterocycles. The number of ether oxygens (including phenoxy) is 3. The van der Waals surface area contributed by atoms with Gasteiger partial charge in [-0.25, -0.2) is 9.37 Å². The zero-order chi connectivity index (χ0) is 27.7. The van der Waals surface area contributed by atoms with Crippen LogP contribution in [-0.2, 0) is 23.6 Å². The van der Waals surface area contributed by atoms with Gasteiger partial charge in [0.05, 0.1) is 41.5 Å². The molecule has 0 spiro atoms. The van der Waals surface area contributed by atoms with Gasteiger partial charge in [0.15, 0.2) is 11.5 Å². The molecule has 0 amide bonds. The van der Waals surface area contributed by atoms with Crippen molar-refractivity contribution in [1.29, 1.82) is 0 Å². The second-order valence-corrected chi connectivity index (χ2v) is 12.1. The highest BCUT2D eigenvalue weighted by Crippen LogP contribution is 2.51. The molecular weight excluding hydrogens is 543 g/mol. The van der Waals surface area contributed by atoms with Crippen LogP contribution in [0, 0.1) is 5.82 Å². The number of para-hydroxylation sites is 3. The highest BCUT2D eigenvalue weighted by Gasteiger charge is 2.47. The first-order valence-electron chi connectivity index (χ1n) is 14.5. The van der Waals surface area contributed by atoms with Crippen LogP contribution in [0.2, 0.25) is 5.02 Å². The Morgan fingerprint density at radius 2 is 1.85 bits per heavy atom. The van der Waals surface area contributed by atoms with E-state index in [-0.39, 0.29) is 6.10 Å². The zero-order valence-corrected chi connectivity index (χ0v) is 23.7. The van der Waals surface area contributed by atoms with Gasteiger partial charge in [0, 0.05) is 43.7 Å². The summed E-state index contributed by atoms with van der Waals surface area (Å²) in [7, 11) is 0. The molecule has 1 aromatic heterocycles. The Morgan fingerprint density at radius 1 is 1.00 bits per heavy atom. The number of hydrogen-bond acceptors (Lipinski definition) is 6. The van der Waals surface area contributed by atoms with Gasteiger partial charge in [-0.3, -0.25) is 4.90 Å². The standard InChI is InChI=1S/C32H32ClFN4O3/c1-32(22-10-9-20(33)17-23(22)34)40-29-8-4-7-28(31(29)41-32)37-15-14-36(26-11-12-27(26)37)19-30-35-24-5-2-3-6-25(24)38(30)18-21-13-16-39-21/h2-10,17,21,26-27H,11-16,18-19H2,1H3/t21-,26+,27+,32-/m0/s1. The Morgan fingerprint density at radius 3 is 2.63 bits per heavy atom. The average molecular weight is 575 g/mol. The quantitative estimate of drug-likeness (QED) is 0.277. The van der Waals surface area contributed by atoms with Crippen LogP contribution in [0.15, 0.2) is 60.7 Å². The van der Waals surface area contributed by atoms with Crippen molar-refractivity contribution in [2.75, 3.05) is 24.6 Å². The lowest BCUT2D eigenvalue weighted by atomic mass is 9.81. The SMILES string of the molecule is C[C@]1(c2ccc(Cl)cc2F)Oc2cccc(N3CCN(Cc4nc5ccccc5n4C[C@@H]4CCO4)[C@@H]4CC[C@H]43)c2O1. The Labute approximate surface area is 243 Å². The van der Waals surface area contributed by atoms with Crippen LogP contribution in [-0.4, -0.2) is 52.3 Å². The monoisotopic (exact) mass is 574 g/mol. The Bertz CT molecular complexity index is 1640. The summed E-state index contributed by atoms with van der Waals surface area (Å²) in [6.45, 7) is 6.05. The molecule has 4 atom stereocenters. The van der Waals surface area contributed by atoms with Crippen LogP contribution < -0.4 is 14.4 Å². The van der Waals surface area contributed by atoms with Crippen LogP contribution in [0.25, 0.3) is 11.0 Å². The molecule has 3 aromatic carbocycles. The zero-order valence-electron chi connectivity index (χ0n) is 22.9. The summed E-state index contributed by atoms with van der Waals surface area (Å²) < 4.78 is 35.7. The molecule has 1 saturated carbocycles. The number of benzene rings is 3. The molecule has 9 heteroatoms. The number of imidazole rings is 1. The maximum absolute atomic E-state index is 14.9. The summed E-state index contributed by atoms with van der Waals surface area (Å²) in [6.07, 6.45) is 3.63. The fourth-order valence-electron chi connectivity index (χ4n) is 6.89. The Hall–Kier alpha value is -3.33. The summed E-state index contributed by atoms with van der Waals surface area (Å²) >= 11 is 6.00. The molecule has 0 radical (unpaired) electrons. The first-order valence-corrected chi connectivity index (χ1v) is 14.9. The number of hydrogen-bond donors (Lipinski definition) is 0. The summed E-state index contributed by atoms with van der Waals surface area (Å²) in [6, 6.07) is 19.8. The maximum atomic E-state index is 14.9. The van der Waals surface area contributed by atoms with E-state index in [1.54, 1.807) is 19.1 Å². The van der Waals surface area contributed by atoms with Gasteiger partial charge in [0.1, 0.15) is 11.6 Å². The van der Waals surface area contributed by atoms with Gasteiger partial charge in [0.25, 0.3) is 5.79 Å². The third kappa shape index (κ3) is 4.18. The molecule has 4 aliphatic rings. The van der Waals surface area contributed by atoms with Gasteiger partial charge in [0.2, 0.25) is 0 Å². The molecule has 8 rings (SSSR count). The smallest absolute Gasteiger partial charge is 0.278 e. The van der Waals surface area contributed by atoms with Crippen molar-refractivity contribution in [1.82, 2.24) is 14.5 Å². The molecule has 0 unspecified atom stereocenters. The first kappa shape index (κ1) is 25.4. The highest BCUT2D eigenvalue weighted by molar-refractivity contribution is 6.30. The summed E-state index contributed by atoms with van der Waals surface area (Å²) in [5.74, 6) is 0.697. The maximum Gasteiger partial charge on any atom is 0.278 e. The van der Waals surface area contributed by atoms with Gasteiger partial charge >= 0.3 is 0 Å². The molecular formula is C32H32ClFN4O3. The van der Waals surface area contributed by atoms with Crippen molar-refractivity contribution in [2.45, 2.75) is 63.3 Å². The second-order valence-electron chi connectivity index (χ2n) is 11.7. The van der Waals surface area contributed by atoms with Crippen molar-refractivity contribution >= 4 is 28.3 Å². The van der Waals surface area contributed by atoms with Crippen molar-refractivity contribution in [3.8, 4) is 11.5 Å². The molecule has 1 aliphatic carbocycles. The lowest BCUT2D eigenvalue weighted by Gasteiger charge is -2.54. The number of aromatic nitrogens is 2. The molecule has 7 nitrogen and oxygen atoms in total. The molecule has 4 aromatic rings. The minimum atomic E-state index is -1.27. The van der Waals surface area contributed by atoms with Crippen LogP contribution in [0.3, 0.4) is 0 Å². The van der Waals surface area contributed by atoms with E-state index in [4.69, 9.17) is 30.8 Å². The highest BCUT2D eigenvalue weighted by atomic mass is 35.5. The van der Waals surface area contributed by atoms with Crippen LogP contribution in [0.4, 0.5) is 10.1 Å². The minimum Gasteiger partial charge on any atom is -0.444 e. The third-order valence-corrected chi connectivity index (χ3v) is 9.48. The molecule has 3 fully saturated rings. The van der Waals surface area contributed by atoms with Crippen molar-refractivity contribution in [3.05, 3.63) is 82.9 Å². The normalized spacial score (nSPS) is 27.0. The average Bonchev–Trinajstić information content (AvgIpc) is 3.43. The Kier molecular flexibility index (Phi) is 5.95. The van der Waals surface area contributed by atoms with E-state index in [1.165, 1.54) is 11.6 Å². The topological polar surface area (TPSA) is 52.0 Å². The largest absolute Gasteiger partial charge is 0.444 e. The van der Waals surface area contributed by atoms with Gasteiger partial charge < -0.3 is 23.7 Å². The molecule has 0 bridgehead atoms. The van der Waals surface area contributed by atoms with Gasteiger partial charge in [-0.15, -0.1) is 0 Å². The summed E-state index contributed by atoms with van der Waals surface area (Å²) in [5, 5.41) is 0.340. The van der Waals surface area contributed by atoms with Crippen molar-refractivity contribution < 1.29 is 18.6 Å². The van der Waals surface area contributed by atoms with Gasteiger partial charge in [-0.1, -0.05) is 29.8 Å². The Balaban J connectivity index is 1.04. The molecule has 4 heterocycles. The molecule has 0 N–H and O–H groups in total. The molecule has 212 valence electrons. The van der Waals surface area contributed by atoms with Crippen molar-refractivity contribution in [3.63, 3.8) is 0 Å². The fourth-order valence-corrected chi connectivity index (χ4v) is 7.05. The number of nitrogens with zero attached hydrogens (tertiary/aromatic N) is 4. The number of anilines is 1. The van der Waals surface area contributed by atoms with Crippen LogP contribution in [0.1, 0.15) is 37.6 Å². The predicted octanol–water partition coefficient (Wildman–Crippen LogP) is 6.12. The number of fused-ring (bicyclic) bond motifs is 3. The first-order chi connectivity index (χ1) is 20.0. The van der Waals surface area contributed by atoms with Gasteiger partial charge in [-0.05, 0) is 61.7 Å². The van der Waals surface area contributed by atoms with E-state index in [9.17, 15) is 4.39 Å². The van der Waals surface area contributed by atoms with Crippen LogP contribution in [0.5, 0.6) is 11.5 Å². The van der Waals surface area contributed by atoms with E-state index >= 15 is 0 Å². The number of rotatable bonds is 6. The van der Waals surface area contributed by atoms with E-state index in [0.717, 1.165) is 69.1 Å². The molecule has 41 heavy (non-hydrogen) atoms. The van der Waals surface area contributed by atoms with E-state index in [2.05, 4.69) is 44.7 Å². The van der Waals surface area contributed by atoms with E-state index in [0.29, 0.717) is 34.2 Å². The van der Waals surface area contributed by atoms with Crippen molar-refractivity contribution in [2.24, 2.45) is 0 Å². The second kappa shape index (κ2) is 9.61. The molecule has 2 saturated heterocycles. The lowest BCUT2D eigenvalue weighted by molar-refractivity contribution is -0.0706. The number of piperazine rings is 1. The van der Waals surface area contributed by atoms with Crippen LogP contribution >= 0.6 is 11.6 Å². The number of halogens is 2. The lowest BCUT2D eigenvalue weighted by Crippen LogP contribution is -2.64. The van der Waals surface area contributed by atoms with E-state index in [1.807, 2.05) is 12.1 Å². The summed E-state index contributed by atoms with van der Waals surface area (Å²) in [5.41, 5.74) is 3.55. The van der Waals surface area contributed by atoms with Gasteiger partial charge in [-0.2, -0.15) is 0 Å². The predicted molar refractivity (Wildman–Crippen MR) is 155 cm³/mol. The fraction of sp³-hybridized carbons (Fsp3) is 0.406. The minimum absolute atomic E-state index is 0.272. The summed E-state index contributed by atoms with van der Waals surface area (Å²) in [4.78, 5) is 10.1. The van der Waals surface area contributed by atoms with E-state index < -0.39 is 11.6 Å². The third-order valence-electron chi connectivity index (χ3n) is 9.25.